The molecule has 2 aromatic heterocycles. The molecule has 0 radical (unpaired) electrons. The van der Waals surface area contributed by atoms with Crippen molar-refractivity contribution in [2.24, 2.45) is 0 Å². The van der Waals surface area contributed by atoms with E-state index in [0.29, 0.717) is 22.0 Å². The van der Waals surface area contributed by atoms with Crippen LogP contribution in [0.1, 0.15) is 17.4 Å². The molecule has 0 bridgehead atoms. The van der Waals surface area contributed by atoms with Gasteiger partial charge in [-0.15, -0.1) is 0 Å². The molecule has 0 unspecified atom stereocenters. The lowest BCUT2D eigenvalue weighted by Gasteiger charge is -2.13. The Morgan fingerprint density at radius 3 is 2.48 bits per heavy atom. The molecule has 0 amide bonds. The maximum Gasteiger partial charge on any atom is 0.361 e. The van der Waals surface area contributed by atoms with Crippen molar-refractivity contribution in [1.82, 2.24) is 19.3 Å². The predicted molar refractivity (Wildman–Crippen MR) is 114 cm³/mol. The van der Waals surface area contributed by atoms with E-state index >= 15 is 0 Å². The standard InChI is InChI=1S/C20H16ClN5O2S/c1-2-28-19(27)16-15-17(26(24-16)14-10-8-12(21)9-11-14)18(22)25(20(29)23-15)13-6-4-3-5-7-13/h3-11H,2,22H2,1H3. The number of rotatable bonds is 4. The number of nitrogens with two attached hydrogens (primary N) is 1. The van der Waals surface area contributed by atoms with Crippen LogP contribution in [0, 0.1) is 4.77 Å². The van der Waals surface area contributed by atoms with Gasteiger partial charge in [-0.25, -0.2) is 14.5 Å². The fraction of sp³-hybridized carbons (Fsp3) is 0.100. The zero-order valence-electron chi connectivity index (χ0n) is 15.4. The number of hydrogen-bond donors (Lipinski definition) is 1. The van der Waals surface area contributed by atoms with Crippen molar-refractivity contribution in [3.63, 3.8) is 0 Å². The number of benzene rings is 2. The van der Waals surface area contributed by atoms with E-state index in [2.05, 4.69) is 10.1 Å². The van der Waals surface area contributed by atoms with Gasteiger partial charge in [-0.1, -0.05) is 29.8 Å². The van der Waals surface area contributed by atoms with Crippen LogP contribution in [-0.4, -0.2) is 31.9 Å². The molecule has 29 heavy (non-hydrogen) atoms. The van der Waals surface area contributed by atoms with Crippen molar-refractivity contribution in [2.45, 2.75) is 6.92 Å². The van der Waals surface area contributed by atoms with Crippen LogP contribution in [0.25, 0.3) is 22.4 Å². The predicted octanol–water partition coefficient (Wildman–Crippen LogP) is 4.35. The lowest BCUT2D eigenvalue weighted by Crippen LogP contribution is -2.10. The van der Waals surface area contributed by atoms with Crippen LogP contribution < -0.4 is 5.73 Å². The molecule has 146 valence electrons. The number of para-hydroxylation sites is 1. The summed E-state index contributed by atoms with van der Waals surface area (Å²) in [4.78, 5) is 17.0. The summed E-state index contributed by atoms with van der Waals surface area (Å²) in [6.45, 7) is 1.93. The van der Waals surface area contributed by atoms with Crippen molar-refractivity contribution < 1.29 is 9.53 Å². The van der Waals surface area contributed by atoms with Crippen molar-refractivity contribution in [3.05, 3.63) is 70.1 Å². The van der Waals surface area contributed by atoms with Crippen LogP contribution in [-0.2, 0) is 4.74 Å². The highest BCUT2D eigenvalue weighted by molar-refractivity contribution is 7.71. The van der Waals surface area contributed by atoms with Crippen LogP contribution in [0.4, 0.5) is 5.82 Å². The monoisotopic (exact) mass is 425 g/mol. The lowest BCUT2D eigenvalue weighted by atomic mass is 10.2. The average Bonchev–Trinajstić information content (AvgIpc) is 3.09. The van der Waals surface area contributed by atoms with Crippen LogP contribution in [0.2, 0.25) is 5.02 Å². The number of anilines is 1. The van der Waals surface area contributed by atoms with Gasteiger partial charge in [0.05, 0.1) is 12.3 Å². The Morgan fingerprint density at radius 1 is 1.14 bits per heavy atom. The summed E-state index contributed by atoms with van der Waals surface area (Å²) >= 11 is 11.5. The van der Waals surface area contributed by atoms with E-state index in [0.717, 1.165) is 5.69 Å². The second-order valence-electron chi connectivity index (χ2n) is 6.11. The first-order valence-corrected chi connectivity index (χ1v) is 9.59. The highest BCUT2D eigenvalue weighted by Gasteiger charge is 2.24. The van der Waals surface area contributed by atoms with E-state index in [1.807, 2.05) is 30.3 Å². The van der Waals surface area contributed by atoms with Crippen LogP contribution in [0.3, 0.4) is 0 Å². The van der Waals surface area contributed by atoms with Gasteiger partial charge in [0.15, 0.2) is 5.69 Å². The van der Waals surface area contributed by atoms with E-state index < -0.39 is 5.97 Å². The molecule has 0 aliphatic rings. The number of aromatic nitrogens is 4. The molecule has 2 N–H and O–H groups in total. The third-order valence-corrected chi connectivity index (χ3v) is 4.82. The van der Waals surface area contributed by atoms with Gasteiger partial charge in [0.2, 0.25) is 4.77 Å². The SMILES string of the molecule is CCOC(=O)c1nn(-c2ccc(Cl)cc2)c2c(N)n(-c3ccccc3)c(=S)nc12. The Balaban J connectivity index is 2.07. The van der Waals surface area contributed by atoms with Crippen molar-refractivity contribution >= 4 is 46.6 Å². The first-order valence-electron chi connectivity index (χ1n) is 8.81. The van der Waals surface area contributed by atoms with Crippen molar-refractivity contribution in [3.8, 4) is 11.4 Å². The molecule has 2 aromatic carbocycles. The zero-order valence-corrected chi connectivity index (χ0v) is 16.9. The molecule has 7 nitrogen and oxygen atoms in total. The van der Waals surface area contributed by atoms with Gasteiger partial charge in [0, 0.05) is 10.7 Å². The minimum atomic E-state index is -0.594. The van der Waals surface area contributed by atoms with Gasteiger partial charge < -0.3 is 10.5 Å². The Hall–Kier alpha value is -3.23. The van der Waals surface area contributed by atoms with Gasteiger partial charge in [0.25, 0.3) is 0 Å². The number of ether oxygens (including phenoxy) is 1. The summed E-state index contributed by atoms with van der Waals surface area (Å²) in [5, 5.41) is 5.02. The fourth-order valence-corrected chi connectivity index (χ4v) is 3.45. The lowest BCUT2D eigenvalue weighted by molar-refractivity contribution is 0.0521. The molecule has 0 saturated heterocycles. The number of halogens is 1. The maximum absolute atomic E-state index is 12.5. The molecule has 0 fully saturated rings. The average molecular weight is 426 g/mol. The van der Waals surface area contributed by atoms with Gasteiger partial charge >= 0.3 is 5.97 Å². The molecule has 0 aliphatic heterocycles. The first kappa shape index (κ1) is 19.1. The summed E-state index contributed by atoms with van der Waals surface area (Å²) in [5.74, 6) is -0.284. The summed E-state index contributed by atoms with van der Waals surface area (Å²) in [5.41, 5.74) is 8.73. The van der Waals surface area contributed by atoms with Gasteiger partial charge in [-0.2, -0.15) is 5.10 Å². The van der Waals surface area contributed by atoms with Gasteiger partial charge in [-0.3, -0.25) is 4.57 Å². The van der Waals surface area contributed by atoms with E-state index in [1.165, 1.54) is 0 Å². The fourth-order valence-electron chi connectivity index (χ4n) is 3.03. The minimum Gasteiger partial charge on any atom is -0.461 e. The molecular weight excluding hydrogens is 410 g/mol. The van der Waals surface area contributed by atoms with Crippen molar-refractivity contribution in [1.29, 1.82) is 0 Å². The Kier molecular flexibility index (Phi) is 5.04. The van der Waals surface area contributed by atoms with E-state index in [-0.39, 0.29) is 22.6 Å². The molecule has 9 heteroatoms. The van der Waals surface area contributed by atoms with E-state index in [1.54, 1.807) is 40.4 Å². The summed E-state index contributed by atoms with van der Waals surface area (Å²) in [6, 6.07) is 16.4. The molecule has 4 rings (SSSR count). The largest absolute Gasteiger partial charge is 0.461 e. The molecular formula is C20H16ClN5O2S. The number of hydrogen-bond acceptors (Lipinski definition) is 6. The molecule has 4 aromatic rings. The smallest absolute Gasteiger partial charge is 0.361 e. The number of nitrogens with zero attached hydrogens (tertiary/aromatic N) is 4. The normalized spacial score (nSPS) is 11.0. The van der Waals surface area contributed by atoms with Gasteiger partial charge in [-0.05, 0) is 55.5 Å². The number of esters is 1. The third kappa shape index (κ3) is 3.37. The van der Waals surface area contributed by atoms with Crippen LogP contribution in [0.15, 0.2) is 54.6 Å². The van der Waals surface area contributed by atoms with E-state index in [9.17, 15) is 4.79 Å². The van der Waals surface area contributed by atoms with Crippen molar-refractivity contribution in [2.75, 3.05) is 12.3 Å². The highest BCUT2D eigenvalue weighted by Crippen LogP contribution is 2.29. The second kappa shape index (κ2) is 7.65. The zero-order chi connectivity index (χ0) is 20.5. The molecule has 0 aliphatic carbocycles. The Bertz CT molecular complexity index is 1270. The Morgan fingerprint density at radius 2 is 1.83 bits per heavy atom. The highest BCUT2D eigenvalue weighted by atomic mass is 35.5. The maximum atomic E-state index is 12.5. The summed E-state index contributed by atoms with van der Waals surface area (Å²) in [7, 11) is 0. The minimum absolute atomic E-state index is 0.0508. The summed E-state index contributed by atoms with van der Waals surface area (Å²) in [6.07, 6.45) is 0. The molecule has 2 heterocycles. The molecule has 0 spiro atoms. The topological polar surface area (TPSA) is 88.0 Å². The quantitative estimate of drug-likeness (QED) is 0.386. The number of carbonyl (C=O) groups is 1. The molecule has 0 saturated carbocycles. The number of nitrogen functional groups attached to an aromatic ring is 1. The summed E-state index contributed by atoms with van der Waals surface area (Å²) < 4.78 is 8.54. The van der Waals surface area contributed by atoms with Crippen LogP contribution >= 0.6 is 23.8 Å². The second-order valence-corrected chi connectivity index (χ2v) is 6.91. The van der Waals surface area contributed by atoms with Crippen LogP contribution in [0.5, 0.6) is 0 Å². The van der Waals surface area contributed by atoms with E-state index in [4.69, 9.17) is 34.3 Å². The molecule has 0 atom stereocenters. The number of carbonyl (C=O) groups excluding carboxylic acids is 1. The Labute approximate surface area is 176 Å². The third-order valence-electron chi connectivity index (χ3n) is 4.30. The number of fused-ring (bicyclic) bond motifs is 1. The first-order chi connectivity index (χ1) is 14.0. The van der Waals surface area contributed by atoms with Gasteiger partial charge in [0.1, 0.15) is 16.9 Å².